The predicted octanol–water partition coefficient (Wildman–Crippen LogP) is 2.36. The van der Waals surface area contributed by atoms with Crippen LogP contribution in [-0.2, 0) is 0 Å². The van der Waals surface area contributed by atoms with Gasteiger partial charge in [-0.05, 0) is 19.4 Å². The standard InChI is InChI=1S/C12H11NO4/c1-6-3-4-8(7(2)11(6)14)10-5-9(12(15)16)13-17-10/h3-5,14H,1-2H3,(H,15,16). The number of carboxylic acid groups (broad SMARTS) is 1. The van der Waals surface area contributed by atoms with Gasteiger partial charge in [0.2, 0.25) is 0 Å². The van der Waals surface area contributed by atoms with Crippen molar-refractivity contribution < 1.29 is 19.5 Å². The molecular weight excluding hydrogens is 222 g/mol. The molecule has 0 aliphatic carbocycles. The summed E-state index contributed by atoms with van der Waals surface area (Å²) in [6, 6.07) is 4.83. The summed E-state index contributed by atoms with van der Waals surface area (Å²) in [5.41, 5.74) is 1.87. The zero-order chi connectivity index (χ0) is 12.6. The fourth-order valence-electron chi connectivity index (χ4n) is 1.61. The highest BCUT2D eigenvalue weighted by atomic mass is 16.5. The van der Waals surface area contributed by atoms with E-state index in [2.05, 4.69) is 5.16 Å². The smallest absolute Gasteiger partial charge is 0.358 e. The van der Waals surface area contributed by atoms with Gasteiger partial charge in [0.05, 0.1) is 0 Å². The number of rotatable bonds is 2. The molecule has 2 rings (SSSR count). The van der Waals surface area contributed by atoms with Crippen molar-refractivity contribution in [3.8, 4) is 17.1 Å². The molecule has 0 aliphatic rings. The van der Waals surface area contributed by atoms with Gasteiger partial charge in [-0.15, -0.1) is 0 Å². The molecule has 0 atom stereocenters. The van der Waals surface area contributed by atoms with Crippen molar-refractivity contribution in [2.24, 2.45) is 0 Å². The number of carboxylic acids is 1. The summed E-state index contributed by atoms with van der Waals surface area (Å²) < 4.78 is 4.95. The number of aryl methyl sites for hydroxylation is 1. The summed E-state index contributed by atoms with van der Waals surface area (Å²) in [5.74, 6) is -0.639. The van der Waals surface area contributed by atoms with E-state index in [1.54, 1.807) is 26.0 Å². The minimum absolute atomic E-state index is 0.153. The fourth-order valence-corrected chi connectivity index (χ4v) is 1.61. The molecule has 88 valence electrons. The lowest BCUT2D eigenvalue weighted by atomic mass is 10.0. The molecular formula is C12H11NO4. The Morgan fingerprint density at radius 3 is 2.65 bits per heavy atom. The molecule has 5 heteroatoms. The lowest BCUT2D eigenvalue weighted by Crippen LogP contribution is -1.94. The SMILES string of the molecule is Cc1ccc(-c2cc(C(=O)O)no2)c(C)c1O. The molecule has 0 amide bonds. The minimum atomic E-state index is -1.14. The molecule has 0 radical (unpaired) electrons. The summed E-state index contributed by atoms with van der Waals surface area (Å²) in [6.07, 6.45) is 0. The Morgan fingerprint density at radius 1 is 1.35 bits per heavy atom. The van der Waals surface area contributed by atoms with E-state index < -0.39 is 5.97 Å². The number of benzene rings is 1. The third kappa shape index (κ3) is 1.87. The molecule has 1 heterocycles. The van der Waals surface area contributed by atoms with Gasteiger partial charge in [-0.25, -0.2) is 4.79 Å². The topological polar surface area (TPSA) is 83.6 Å². The summed E-state index contributed by atoms with van der Waals surface area (Å²) >= 11 is 0. The van der Waals surface area contributed by atoms with Crippen LogP contribution in [0.2, 0.25) is 0 Å². The second-order valence-electron chi connectivity index (χ2n) is 3.79. The highest BCUT2D eigenvalue weighted by Crippen LogP contribution is 2.32. The second-order valence-corrected chi connectivity index (χ2v) is 3.79. The van der Waals surface area contributed by atoms with Crippen LogP contribution in [0.3, 0.4) is 0 Å². The van der Waals surface area contributed by atoms with Crippen LogP contribution < -0.4 is 0 Å². The van der Waals surface area contributed by atoms with Gasteiger partial charge in [-0.2, -0.15) is 0 Å². The molecule has 1 aromatic carbocycles. The van der Waals surface area contributed by atoms with Gasteiger partial charge in [0.25, 0.3) is 0 Å². The van der Waals surface area contributed by atoms with E-state index in [9.17, 15) is 9.90 Å². The van der Waals surface area contributed by atoms with Gasteiger partial charge in [-0.1, -0.05) is 17.3 Å². The van der Waals surface area contributed by atoms with Gasteiger partial charge in [0, 0.05) is 17.2 Å². The largest absolute Gasteiger partial charge is 0.507 e. The number of aromatic hydroxyl groups is 1. The molecule has 0 bridgehead atoms. The van der Waals surface area contributed by atoms with Crippen LogP contribution in [-0.4, -0.2) is 21.3 Å². The Kier molecular flexibility index (Phi) is 2.59. The number of nitrogens with zero attached hydrogens (tertiary/aromatic N) is 1. The Labute approximate surface area is 97.3 Å². The Hall–Kier alpha value is -2.30. The Morgan fingerprint density at radius 2 is 2.06 bits per heavy atom. The molecule has 1 aromatic heterocycles. The third-order valence-corrected chi connectivity index (χ3v) is 2.63. The molecule has 5 nitrogen and oxygen atoms in total. The zero-order valence-electron chi connectivity index (χ0n) is 9.39. The summed E-state index contributed by atoms with van der Waals surface area (Å²) in [6.45, 7) is 3.52. The average Bonchev–Trinajstić information content (AvgIpc) is 2.75. The van der Waals surface area contributed by atoms with Crippen LogP contribution in [0.1, 0.15) is 21.6 Å². The Bertz CT molecular complexity index is 586. The highest BCUT2D eigenvalue weighted by Gasteiger charge is 2.15. The van der Waals surface area contributed by atoms with E-state index in [0.717, 1.165) is 5.56 Å². The maximum atomic E-state index is 10.7. The monoisotopic (exact) mass is 233 g/mol. The fraction of sp³-hybridized carbons (Fsp3) is 0.167. The molecule has 2 aromatic rings. The van der Waals surface area contributed by atoms with Crippen LogP contribution >= 0.6 is 0 Å². The molecule has 2 N–H and O–H groups in total. The first-order chi connectivity index (χ1) is 8.00. The van der Waals surface area contributed by atoms with E-state index in [0.29, 0.717) is 16.9 Å². The normalized spacial score (nSPS) is 10.5. The summed E-state index contributed by atoms with van der Waals surface area (Å²) in [5, 5.41) is 22.0. The van der Waals surface area contributed by atoms with Crippen molar-refractivity contribution >= 4 is 5.97 Å². The van der Waals surface area contributed by atoms with E-state index in [1.165, 1.54) is 6.07 Å². The van der Waals surface area contributed by atoms with Crippen LogP contribution in [0.25, 0.3) is 11.3 Å². The van der Waals surface area contributed by atoms with Crippen molar-refractivity contribution in [2.45, 2.75) is 13.8 Å². The maximum Gasteiger partial charge on any atom is 0.358 e. The lowest BCUT2D eigenvalue weighted by Gasteiger charge is -2.06. The third-order valence-electron chi connectivity index (χ3n) is 2.63. The lowest BCUT2D eigenvalue weighted by molar-refractivity contribution is 0.0686. The minimum Gasteiger partial charge on any atom is -0.507 e. The summed E-state index contributed by atoms with van der Waals surface area (Å²) in [4.78, 5) is 10.7. The number of aromatic carboxylic acids is 1. The van der Waals surface area contributed by atoms with Gasteiger partial charge in [0.15, 0.2) is 11.5 Å². The van der Waals surface area contributed by atoms with Crippen molar-refractivity contribution in [3.05, 3.63) is 35.0 Å². The number of hydrogen-bond acceptors (Lipinski definition) is 4. The molecule has 0 saturated heterocycles. The number of hydrogen-bond donors (Lipinski definition) is 2. The van der Waals surface area contributed by atoms with Crippen molar-refractivity contribution in [2.75, 3.05) is 0 Å². The second kappa shape index (κ2) is 3.93. The van der Waals surface area contributed by atoms with Crippen molar-refractivity contribution in [1.82, 2.24) is 5.16 Å². The number of aromatic nitrogens is 1. The summed E-state index contributed by atoms with van der Waals surface area (Å²) in [7, 11) is 0. The molecule has 0 aliphatic heterocycles. The average molecular weight is 233 g/mol. The van der Waals surface area contributed by atoms with Gasteiger partial charge < -0.3 is 14.7 Å². The molecule has 0 saturated carbocycles. The first-order valence-electron chi connectivity index (χ1n) is 5.00. The van der Waals surface area contributed by atoms with Crippen LogP contribution in [0, 0.1) is 13.8 Å². The Balaban J connectivity index is 2.53. The van der Waals surface area contributed by atoms with E-state index in [1.807, 2.05) is 0 Å². The molecule has 0 fully saturated rings. The molecule has 0 spiro atoms. The first-order valence-corrected chi connectivity index (χ1v) is 5.00. The van der Waals surface area contributed by atoms with E-state index in [4.69, 9.17) is 9.63 Å². The number of phenolic OH excluding ortho intramolecular Hbond substituents is 1. The van der Waals surface area contributed by atoms with Gasteiger partial charge in [0.1, 0.15) is 5.75 Å². The van der Waals surface area contributed by atoms with Crippen molar-refractivity contribution in [3.63, 3.8) is 0 Å². The van der Waals surface area contributed by atoms with Crippen LogP contribution in [0.15, 0.2) is 22.7 Å². The van der Waals surface area contributed by atoms with Crippen molar-refractivity contribution in [1.29, 1.82) is 0 Å². The predicted molar refractivity (Wildman–Crippen MR) is 60.0 cm³/mol. The first kappa shape index (κ1) is 11.2. The zero-order valence-corrected chi connectivity index (χ0v) is 9.39. The van der Waals surface area contributed by atoms with Crippen LogP contribution in [0.4, 0.5) is 0 Å². The van der Waals surface area contributed by atoms with E-state index >= 15 is 0 Å². The highest BCUT2D eigenvalue weighted by molar-refractivity contribution is 5.86. The van der Waals surface area contributed by atoms with E-state index in [-0.39, 0.29) is 11.4 Å². The quantitative estimate of drug-likeness (QED) is 0.831. The van der Waals surface area contributed by atoms with Crippen LogP contribution in [0.5, 0.6) is 5.75 Å². The maximum absolute atomic E-state index is 10.7. The van der Waals surface area contributed by atoms with Gasteiger partial charge >= 0.3 is 5.97 Å². The molecule has 0 unspecified atom stereocenters. The number of phenols is 1. The molecule has 17 heavy (non-hydrogen) atoms. The number of carbonyl (C=O) groups is 1. The van der Waals surface area contributed by atoms with Gasteiger partial charge in [-0.3, -0.25) is 0 Å².